The number of carbonyl (C=O) groups is 2. The van der Waals surface area contributed by atoms with Gasteiger partial charge in [-0.15, -0.1) is 0 Å². The fourth-order valence-corrected chi connectivity index (χ4v) is 4.32. The molecule has 1 aliphatic heterocycles. The summed E-state index contributed by atoms with van der Waals surface area (Å²) in [6, 6.07) is 4.77. The van der Waals surface area contributed by atoms with Crippen LogP contribution in [0.2, 0.25) is 0 Å². The molecular formula is C26H37FN6O4. The largest absolute Gasteiger partial charge is 0.480 e. The number of aliphatic carboxylic acids is 1. The molecule has 2 aromatic rings. The van der Waals surface area contributed by atoms with E-state index in [4.69, 9.17) is 9.72 Å². The van der Waals surface area contributed by atoms with Crippen LogP contribution in [0.1, 0.15) is 42.6 Å². The Bertz CT molecular complexity index is 992. The maximum absolute atomic E-state index is 13.3. The Kier molecular flexibility index (Phi) is 11.6. The summed E-state index contributed by atoms with van der Waals surface area (Å²) in [5.41, 5.74) is 2.80. The van der Waals surface area contributed by atoms with Crippen LogP contribution in [-0.4, -0.2) is 88.9 Å². The van der Waals surface area contributed by atoms with Gasteiger partial charge in [0.1, 0.15) is 24.9 Å². The molecule has 0 unspecified atom stereocenters. The summed E-state index contributed by atoms with van der Waals surface area (Å²) >= 11 is 0. The van der Waals surface area contributed by atoms with Gasteiger partial charge in [-0.1, -0.05) is 6.07 Å². The molecule has 202 valence electrons. The third-order valence-corrected chi connectivity index (χ3v) is 6.43. The average Bonchev–Trinajstić information content (AvgIpc) is 2.91. The van der Waals surface area contributed by atoms with E-state index in [1.807, 2.05) is 4.90 Å². The number of alkyl halides is 1. The molecule has 0 aromatic carbocycles. The summed E-state index contributed by atoms with van der Waals surface area (Å²) in [6.45, 7) is 1.70. The number of aryl methyl sites for hydroxylation is 2. The molecule has 2 atom stereocenters. The van der Waals surface area contributed by atoms with Crippen molar-refractivity contribution in [2.75, 3.05) is 45.3 Å². The van der Waals surface area contributed by atoms with Crippen LogP contribution in [0.3, 0.4) is 0 Å². The van der Waals surface area contributed by atoms with Crippen molar-refractivity contribution in [3.63, 3.8) is 0 Å². The molecule has 0 saturated heterocycles. The van der Waals surface area contributed by atoms with E-state index in [0.29, 0.717) is 25.3 Å². The van der Waals surface area contributed by atoms with Gasteiger partial charge in [-0.2, -0.15) is 0 Å². The second-order valence-corrected chi connectivity index (χ2v) is 9.23. The van der Waals surface area contributed by atoms with Crippen LogP contribution >= 0.6 is 0 Å². The predicted molar refractivity (Wildman–Crippen MR) is 137 cm³/mol. The lowest BCUT2D eigenvalue weighted by Gasteiger charge is -2.27. The van der Waals surface area contributed by atoms with Crippen molar-refractivity contribution in [2.24, 2.45) is 0 Å². The maximum atomic E-state index is 13.3. The van der Waals surface area contributed by atoms with E-state index in [0.717, 1.165) is 50.2 Å². The van der Waals surface area contributed by atoms with Crippen LogP contribution in [0.5, 0.6) is 0 Å². The van der Waals surface area contributed by atoms with Crippen molar-refractivity contribution < 1.29 is 23.8 Å². The molecule has 3 N–H and O–H groups in total. The van der Waals surface area contributed by atoms with Gasteiger partial charge in [0.2, 0.25) is 5.91 Å². The molecule has 3 heterocycles. The van der Waals surface area contributed by atoms with Gasteiger partial charge in [0.25, 0.3) is 0 Å². The van der Waals surface area contributed by atoms with Gasteiger partial charge in [-0.05, 0) is 62.8 Å². The number of anilines is 1. The number of halogens is 1. The van der Waals surface area contributed by atoms with Crippen molar-refractivity contribution in [3.8, 4) is 0 Å². The highest BCUT2D eigenvalue weighted by molar-refractivity contribution is 5.84. The van der Waals surface area contributed by atoms with Gasteiger partial charge < -0.3 is 25.4 Å². The lowest BCUT2D eigenvalue weighted by molar-refractivity contribution is -0.142. The van der Waals surface area contributed by atoms with Crippen LogP contribution in [0.4, 0.5) is 10.2 Å². The summed E-state index contributed by atoms with van der Waals surface area (Å²) < 4.78 is 18.6. The first kappa shape index (κ1) is 28.4. The number of amides is 1. The smallest absolute Gasteiger partial charge is 0.326 e. The van der Waals surface area contributed by atoms with Gasteiger partial charge >= 0.3 is 5.97 Å². The number of carboxylic acid groups (broad SMARTS) is 1. The molecular weight excluding hydrogens is 479 g/mol. The van der Waals surface area contributed by atoms with Crippen LogP contribution in [0.25, 0.3) is 0 Å². The predicted octanol–water partition coefficient (Wildman–Crippen LogP) is 2.04. The number of ether oxygens (including phenoxy) is 1. The number of nitrogens with one attached hydrogen (secondary N) is 2. The topological polar surface area (TPSA) is 130 Å². The number of nitrogens with zero attached hydrogens (tertiary/aromatic N) is 4. The van der Waals surface area contributed by atoms with Crippen molar-refractivity contribution in [2.45, 2.75) is 57.1 Å². The molecule has 0 aliphatic carbocycles. The van der Waals surface area contributed by atoms with Crippen LogP contribution in [0.15, 0.2) is 30.7 Å². The Balaban J connectivity index is 1.50. The molecule has 3 rings (SSSR count). The van der Waals surface area contributed by atoms with Gasteiger partial charge in [-0.25, -0.2) is 24.1 Å². The molecule has 1 amide bonds. The quantitative estimate of drug-likeness (QED) is 0.287. The number of carboxylic acids is 1. The highest BCUT2D eigenvalue weighted by Crippen LogP contribution is 2.20. The number of pyridine rings is 1. The molecule has 10 nitrogen and oxygen atoms in total. The molecule has 2 aromatic heterocycles. The minimum absolute atomic E-state index is 0.0319. The molecule has 11 heteroatoms. The molecule has 1 aliphatic rings. The molecule has 0 radical (unpaired) electrons. The van der Waals surface area contributed by atoms with Crippen LogP contribution < -0.4 is 10.6 Å². The second kappa shape index (κ2) is 15.2. The summed E-state index contributed by atoms with van der Waals surface area (Å²) in [6.07, 6.45) is 7.17. The zero-order chi connectivity index (χ0) is 26.5. The lowest BCUT2D eigenvalue weighted by Crippen LogP contribution is -2.45. The Labute approximate surface area is 217 Å². The van der Waals surface area contributed by atoms with E-state index in [-0.39, 0.29) is 12.8 Å². The molecule has 0 bridgehead atoms. The van der Waals surface area contributed by atoms with Crippen LogP contribution in [-0.2, 0) is 33.6 Å². The fraction of sp³-hybridized carbons (Fsp3) is 0.577. The van der Waals surface area contributed by atoms with E-state index in [9.17, 15) is 19.1 Å². The van der Waals surface area contributed by atoms with Gasteiger partial charge in [0.05, 0.1) is 18.2 Å². The third kappa shape index (κ3) is 9.66. The molecule has 0 spiro atoms. The SMILES string of the molecule is CO[C@H](CF)CN(CCCCc1ccc2c(n1)NCCC2)CC[C@H](NC(=O)Cc1ccncn1)C(=O)O. The minimum Gasteiger partial charge on any atom is -0.480 e. The van der Waals surface area contributed by atoms with E-state index >= 15 is 0 Å². The Hall–Kier alpha value is -3.18. The number of methoxy groups -OCH3 is 1. The minimum atomic E-state index is -1.11. The first-order valence-corrected chi connectivity index (χ1v) is 12.8. The highest BCUT2D eigenvalue weighted by Gasteiger charge is 2.22. The first-order chi connectivity index (χ1) is 18.0. The van der Waals surface area contributed by atoms with Crippen molar-refractivity contribution in [3.05, 3.63) is 47.7 Å². The van der Waals surface area contributed by atoms with E-state index < -0.39 is 30.7 Å². The molecule has 0 fully saturated rings. The Morgan fingerprint density at radius 3 is 2.84 bits per heavy atom. The lowest BCUT2D eigenvalue weighted by atomic mass is 10.1. The zero-order valence-electron chi connectivity index (χ0n) is 21.4. The maximum Gasteiger partial charge on any atom is 0.326 e. The number of hydrogen-bond acceptors (Lipinski definition) is 8. The Morgan fingerprint density at radius 1 is 1.24 bits per heavy atom. The number of unbranched alkanes of at least 4 members (excludes halogenated alkanes) is 1. The summed E-state index contributed by atoms with van der Waals surface area (Å²) in [7, 11) is 1.46. The van der Waals surface area contributed by atoms with Gasteiger partial charge in [-0.3, -0.25) is 4.79 Å². The summed E-state index contributed by atoms with van der Waals surface area (Å²) in [5.74, 6) is -0.558. The summed E-state index contributed by atoms with van der Waals surface area (Å²) in [5, 5.41) is 15.6. The standard InChI is InChI=1S/C26H37FN6O4/c1-37-22(16-27)17-33(13-3-2-6-20-8-7-19-5-4-11-29-25(19)31-20)14-10-23(26(35)36)32-24(34)15-21-9-12-28-18-30-21/h7-9,12,18,22-23H,2-6,10-11,13-17H2,1H3,(H,29,31)(H,32,34)(H,35,36)/t22-,23+/m1/s1. The summed E-state index contributed by atoms with van der Waals surface area (Å²) in [4.78, 5) is 38.7. The third-order valence-electron chi connectivity index (χ3n) is 6.43. The van der Waals surface area contributed by atoms with E-state index in [1.54, 1.807) is 6.07 Å². The fourth-order valence-electron chi connectivity index (χ4n) is 4.32. The zero-order valence-corrected chi connectivity index (χ0v) is 21.4. The van der Waals surface area contributed by atoms with Crippen molar-refractivity contribution >= 4 is 17.7 Å². The number of rotatable bonds is 16. The van der Waals surface area contributed by atoms with E-state index in [1.165, 1.54) is 25.2 Å². The van der Waals surface area contributed by atoms with Gasteiger partial charge in [0.15, 0.2) is 0 Å². The number of carbonyl (C=O) groups excluding carboxylic acids is 1. The number of hydrogen-bond donors (Lipinski definition) is 3. The second-order valence-electron chi connectivity index (χ2n) is 9.23. The number of aromatic nitrogens is 3. The Morgan fingerprint density at radius 2 is 2.11 bits per heavy atom. The normalized spacial score (nSPS) is 14.5. The molecule has 0 saturated carbocycles. The van der Waals surface area contributed by atoms with Crippen molar-refractivity contribution in [1.82, 2.24) is 25.2 Å². The number of fused-ring (bicyclic) bond motifs is 1. The van der Waals surface area contributed by atoms with Crippen LogP contribution in [0, 0.1) is 0 Å². The van der Waals surface area contributed by atoms with E-state index in [2.05, 4.69) is 32.7 Å². The average molecular weight is 517 g/mol. The van der Waals surface area contributed by atoms with Crippen molar-refractivity contribution in [1.29, 1.82) is 0 Å². The highest BCUT2D eigenvalue weighted by atomic mass is 19.1. The van der Waals surface area contributed by atoms with Gasteiger partial charge in [0, 0.05) is 38.6 Å². The monoisotopic (exact) mass is 516 g/mol. The first-order valence-electron chi connectivity index (χ1n) is 12.8. The molecule has 37 heavy (non-hydrogen) atoms.